The lowest BCUT2D eigenvalue weighted by Gasteiger charge is -2.08. The van der Waals surface area contributed by atoms with E-state index in [-0.39, 0.29) is 5.75 Å². The molecule has 9 heteroatoms. The van der Waals surface area contributed by atoms with Crippen LogP contribution in [-0.4, -0.2) is 53.7 Å². The molecular weight excluding hydrogens is 280 g/mol. The number of rotatable bonds is 7. The first kappa shape index (κ1) is 14.5. The minimum absolute atomic E-state index is 0.152. The lowest BCUT2D eigenvalue weighted by Crippen LogP contribution is -2.12. The molecule has 0 spiro atoms. The quantitative estimate of drug-likeness (QED) is 0.643. The van der Waals surface area contributed by atoms with E-state index in [0.717, 1.165) is 5.39 Å². The van der Waals surface area contributed by atoms with Crippen molar-refractivity contribution in [2.24, 2.45) is 0 Å². The molecular formula is C11H18N6O2S. The number of anilines is 2. The monoisotopic (exact) mass is 298 g/mol. The summed E-state index contributed by atoms with van der Waals surface area (Å²) in [6, 6.07) is 0. The van der Waals surface area contributed by atoms with Gasteiger partial charge in [0, 0.05) is 19.3 Å². The molecule has 8 nitrogen and oxygen atoms in total. The first-order chi connectivity index (χ1) is 9.49. The molecule has 20 heavy (non-hydrogen) atoms. The SMILES string of the molecule is CCNc1nc(NCCCS(C)(=O)=O)c2cn[nH]c2n1. The van der Waals surface area contributed by atoms with Crippen molar-refractivity contribution in [1.29, 1.82) is 0 Å². The van der Waals surface area contributed by atoms with Crippen LogP contribution in [0.15, 0.2) is 6.20 Å². The van der Waals surface area contributed by atoms with Crippen LogP contribution in [0.5, 0.6) is 0 Å². The Labute approximate surface area is 117 Å². The van der Waals surface area contributed by atoms with Crippen molar-refractivity contribution >= 4 is 32.6 Å². The first-order valence-electron chi connectivity index (χ1n) is 6.36. The molecule has 2 aromatic rings. The van der Waals surface area contributed by atoms with Crippen LogP contribution >= 0.6 is 0 Å². The van der Waals surface area contributed by atoms with Gasteiger partial charge in [0.25, 0.3) is 0 Å². The lowest BCUT2D eigenvalue weighted by molar-refractivity contribution is 0.600. The molecule has 0 aromatic carbocycles. The average Bonchev–Trinajstić information content (AvgIpc) is 2.82. The minimum Gasteiger partial charge on any atom is -0.369 e. The summed E-state index contributed by atoms with van der Waals surface area (Å²) in [5.74, 6) is 1.31. The predicted molar refractivity (Wildman–Crippen MR) is 78.7 cm³/mol. The Kier molecular flexibility index (Phi) is 4.38. The second kappa shape index (κ2) is 6.04. The van der Waals surface area contributed by atoms with Crippen LogP contribution in [0.1, 0.15) is 13.3 Å². The number of aromatic amines is 1. The third-order valence-electron chi connectivity index (χ3n) is 2.63. The second-order valence-corrected chi connectivity index (χ2v) is 6.73. The van der Waals surface area contributed by atoms with Gasteiger partial charge in [-0.3, -0.25) is 5.10 Å². The van der Waals surface area contributed by atoms with Gasteiger partial charge in [0.2, 0.25) is 5.95 Å². The Hall–Kier alpha value is -1.90. The van der Waals surface area contributed by atoms with Gasteiger partial charge in [-0.25, -0.2) is 8.42 Å². The van der Waals surface area contributed by atoms with Crippen LogP contribution in [0.2, 0.25) is 0 Å². The maximum Gasteiger partial charge on any atom is 0.226 e. The first-order valence-corrected chi connectivity index (χ1v) is 8.42. The van der Waals surface area contributed by atoms with Crippen molar-refractivity contribution < 1.29 is 8.42 Å². The van der Waals surface area contributed by atoms with Crippen LogP contribution in [0, 0.1) is 0 Å². The highest BCUT2D eigenvalue weighted by Gasteiger charge is 2.09. The molecule has 2 heterocycles. The highest BCUT2D eigenvalue weighted by Crippen LogP contribution is 2.19. The van der Waals surface area contributed by atoms with Gasteiger partial charge in [-0.2, -0.15) is 15.1 Å². The van der Waals surface area contributed by atoms with Crippen LogP contribution in [0.3, 0.4) is 0 Å². The highest BCUT2D eigenvalue weighted by molar-refractivity contribution is 7.90. The second-order valence-electron chi connectivity index (χ2n) is 4.47. The van der Waals surface area contributed by atoms with E-state index in [1.165, 1.54) is 6.26 Å². The van der Waals surface area contributed by atoms with Crippen molar-refractivity contribution in [3.8, 4) is 0 Å². The summed E-state index contributed by atoms with van der Waals surface area (Å²) in [6.45, 7) is 3.20. The number of H-pyrrole nitrogens is 1. The fourth-order valence-electron chi connectivity index (χ4n) is 1.75. The number of nitrogens with one attached hydrogen (secondary N) is 3. The summed E-state index contributed by atoms with van der Waals surface area (Å²) in [5, 5.41) is 13.7. The number of fused-ring (bicyclic) bond motifs is 1. The fraction of sp³-hybridized carbons (Fsp3) is 0.545. The van der Waals surface area contributed by atoms with E-state index in [0.29, 0.717) is 36.9 Å². The molecule has 0 aliphatic carbocycles. The topological polar surface area (TPSA) is 113 Å². The Morgan fingerprint density at radius 1 is 1.30 bits per heavy atom. The van der Waals surface area contributed by atoms with Crippen molar-refractivity contribution in [1.82, 2.24) is 20.2 Å². The third-order valence-corrected chi connectivity index (χ3v) is 3.66. The largest absolute Gasteiger partial charge is 0.369 e. The minimum atomic E-state index is -2.93. The van der Waals surface area contributed by atoms with Gasteiger partial charge >= 0.3 is 0 Å². The van der Waals surface area contributed by atoms with E-state index in [1.54, 1.807) is 6.20 Å². The highest BCUT2D eigenvalue weighted by atomic mass is 32.2. The maximum atomic E-state index is 11.1. The number of hydrogen-bond donors (Lipinski definition) is 3. The number of nitrogens with zero attached hydrogens (tertiary/aromatic N) is 3. The molecule has 0 amide bonds. The summed E-state index contributed by atoms with van der Waals surface area (Å²) in [5.41, 5.74) is 0.640. The molecule has 0 radical (unpaired) electrons. The normalized spacial score (nSPS) is 11.7. The molecule has 0 unspecified atom stereocenters. The summed E-state index contributed by atoms with van der Waals surface area (Å²) < 4.78 is 22.1. The van der Waals surface area contributed by atoms with Crippen molar-refractivity contribution in [3.63, 3.8) is 0 Å². The van der Waals surface area contributed by atoms with E-state index in [4.69, 9.17) is 0 Å². The van der Waals surface area contributed by atoms with E-state index in [1.807, 2.05) is 6.92 Å². The molecule has 0 atom stereocenters. The van der Waals surface area contributed by atoms with Crippen LogP contribution < -0.4 is 10.6 Å². The predicted octanol–water partition coefficient (Wildman–Crippen LogP) is 0.631. The Bertz CT molecular complexity index is 681. The van der Waals surface area contributed by atoms with Crippen molar-refractivity contribution in [2.45, 2.75) is 13.3 Å². The zero-order valence-electron chi connectivity index (χ0n) is 11.5. The molecule has 0 aliphatic rings. The summed E-state index contributed by atoms with van der Waals surface area (Å²) in [6.07, 6.45) is 3.40. The Balaban J connectivity index is 2.09. The average molecular weight is 298 g/mol. The van der Waals surface area contributed by atoms with Crippen LogP contribution in [-0.2, 0) is 9.84 Å². The van der Waals surface area contributed by atoms with Crippen LogP contribution in [0.25, 0.3) is 11.0 Å². The molecule has 0 aliphatic heterocycles. The van der Waals surface area contributed by atoms with Gasteiger partial charge in [0.1, 0.15) is 15.7 Å². The van der Waals surface area contributed by atoms with E-state index in [9.17, 15) is 8.42 Å². The standard InChI is InChI=1S/C11H18N6O2S/c1-3-12-11-15-9(8-7-14-17-10(8)16-11)13-5-4-6-20(2,18)19/h7H,3-6H2,1-2H3,(H3,12,13,14,15,16,17). The molecule has 0 bridgehead atoms. The van der Waals surface area contributed by atoms with Crippen molar-refractivity contribution in [2.75, 3.05) is 35.7 Å². The molecule has 0 fully saturated rings. The summed E-state index contributed by atoms with van der Waals surface area (Å²) >= 11 is 0. The number of aromatic nitrogens is 4. The molecule has 0 saturated heterocycles. The lowest BCUT2D eigenvalue weighted by atomic mass is 10.3. The molecule has 0 saturated carbocycles. The van der Waals surface area contributed by atoms with Gasteiger partial charge in [-0.1, -0.05) is 0 Å². The van der Waals surface area contributed by atoms with E-state index >= 15 is 0 Å². The van der Waals surface area contributed by atoms with E-state index in [2.05, 4.69) is 30.8 Å². The van der Waals surface area contributed by atoms with Crippen LogP contribution in [0.4, 0.5) is 11.8 Å². The van der Waals surface area contributed by atoms with Gasteiger partial charge < -0.3 is 10.6 Å². The third kappa shape index (κ3) is 3.80. The van der Waals surface area contributed by atoms with Gasteiger partial charge in [-0.15, -0.1) is 0 Å². The summed E-state index contributed by atoms with van der Waals surface area (Å²) in [7, 11) is -2.93. The molecule has 110 valence electrons. The zero-order valence-corrected chi connectivity index (χ0v) is 12.3. The number of hydrogen-bond acceptors (Lipinski definition) is 7. The molecule has 2 aromatic heterocycles. The smallest absolute Gasteiger partial charge is 0.226 e. The molecule has 2 rings (SSSR count). The summed E-state index contributed by atoms with van der Waals surface area (Å²) in [4.78, 5) is 8.63. The van der Waals surface area contributed by atoms with Gasteiger partial charge in [-0.05, 0) is 13.3 Å². The zero-order chi connectivity index (χ0) is 14.6. The Morgan fingerprint density at radius 2 is 2.10 bits per heavy atom. The molecule has 3 N–H and O–H groups in total. The van der Waals surface area contributed by atoms with Gasteiger partial charge in [0.15, 0.2) is 5.65 Å². The van der Waals surface area contributed by atoms with Crippen molar-refractivity contribution in [3.05, 3.63) is 6.20 Å². The maximum absolute atomic E-state index is 11.1. The van der Waals surface area contributed by atoms with E-state index < -0.39 is 9.84 Å². The number of sulfone groups is 1. The van der Waals surface area contributed by atoms with Gasteiger partial charge in [0.05, 0.1) is 17.3 Å². The fourth-order valence-corrected chi connectivity index (χ4v) is 2.42. The Morgan fingerprint density at radius 3 is 2.80 bits per heavy atom.